The van der Waals surface area contributed by atoms with Crippen LogP contribution < -0.4 is 0 Å². The zero-order valence-corrected chi connectivity index (χ0v) is 12.2. The number of rotatable bonds is 5. The van der Waals surface area contributed by atoms with E-state index >= 15 is 0 Å². The molecule has 1 amide bonds. The third kappa shape index (κ3) is 2.73. The van der Waals surface area contributed by atoms with Gasteiger partial charge in [-0.3, -0.25) is 9.59 Å². The molecule has 0 saturated heterocycles. The Kier molecular flexibility index (Phi) is 3.91. The molecule has 0 heterocycles. The van der Waals surface area contributed by atoms with Crippen LogP contribution in [0.25, 0.3) is 0 Å². The highest BCUT2D eigenvalue weighted by Crippen LogP contribution is 2.48. The van der Waals surface area contributed by atoms with Crippen molar-refractivity contribution in [3.63, 3.8) is 0 Å². The van der Waals surface area contributed by atoms with E-state index in [1.54, 1.807) is 18.7 Å². The average molecular weight is 281 g/mol. The van der Waals surface area contributed by atoms with Crippen LogP contribution in [0.3, 0.4) is 0 Å². The molecule has 1 fully saturated rings. The molecule has 0 aliphatic heterocycles. The number of carbonyl (C=O) groups excluding carboxylic acids is 1. The first kappa shape index (κ1) is 15.0. The van der Waals surface area contributed by atoms with Crippen molar-refractivity contribution in [1.82, 2.24) is 4.90 Å². The van der Waals surface area contributed by atoms with E-state index in [9.17, 15) is 19.8 Å². The number of aliphatic hydroxyl groups is 1. The molecule has 5 nitrogen and oxygen atoms in total. The molecular formula is C15H23NO4. The summed E-state index contributed by atoms with van der Waals surface area (Å²) in [5, 5.41) is 19.3. The van der Waals surface area contributed by atoms with Crippen LogP contribution in [-0.2, 0) is 9.59 Å². The van der Waals surface area contributed by atoms with E-state index < -0.39 is 23.4 Å². The molecule has 1 saturated carbocycles. The van der Waals surface area contributed by atoms with Crippen molar-refractivity contribution in [2.24, 2.45) is 23.7 Å². The Hall–Kier alpha value is -1.36. The molecule has 0 aromatic heterocycles. The van der Waals surface area contributed by atoms with Gasteiger partial charge in [-0.05, 0) is 39.0 Å². The lowest BCUT2D eigenvalue weighted by molar-refractivity contribution is -0.152. The Bertz CT molecular complexity index is 438. The molecule has 2 aliphatic rings. The van der Waals surface area contributed by atoms with Crippen molar-refractivity contribution >= 4 is 11.9 Å². The summed E-state index contributed by atoms with van der Waals surface area (Å²) < 4.78 is 0. The maximum atomic E-state index is 12.7. The Morgan fingerprint density at radius 1 is 1.25 bits per heavy atom. The van der Waals surface area contributed by atoms with E-state index in [0.717, 1.165) is 6.42 Å². The molecule has 20 heavy (non-hydrogen) atoms. The van der Waals surface area contributed by atoms with E-state index in [1.807, 2.05) is 19.1 Å². The summed E-state index contributed by atoms with van der Waals surface area (Å²) in [5.74, 6) is -2.12. The minimum atomic E-state index is -0.974. The third-order valence-electron chi connectivity index (χ3n) is 4.30. The van der Waals surface area contributed by atoms with Gasteiger partial charge in [0.1, 0.15) is 0 Å². The fourth-order valence-corrected chi connectivity index (χ4v) is 3.52. The molecule has 2 bridgehead atoms. The van der Waals surface area contributed by atoms with Crippen molar-refractivity contribution in [3.05, 3.63) is 12.2 Å². The maximum Gasteiger partial charge on any atom is 0.307 e. The second kappa shape index (κ2) is 5.20. The highest BCUT2D eigenvalue weighted by atomic mass is 16.4. The van der Waals surface area contributed by atoms with Gasteiger partial charge in [-0.2, -0.15) is 0 Å². The Labute approximate surface area is 119 Å². The zero-order chi connectivity index (χ0) is 15.1. The molecule has 2 aliphatic carbocycles. The zero-order valence-electron chi connectivity index (χ0n) is 12.2. The van der Waals surface area contributed by atoms with Crippen LogP contribution >= 0.6 is 0 Å². The van der Waals surface area contributed by atoms with Gasteiger partial charge in [-0.25, -0.2) is 0 Å². The average Bonchev–Trinajstić information content (AvgIpc) is 2.93. The summed E-state index contributed by atoms with van der Waals surface area (Å²) >= 11 is 0. The number of likely N-dealkylation sites (N-methyl/N-ethyl adjacent to an activating group) is 1. The first-order valence-corrected chi connectivity index (χ1v) is 7.17. The van der Waals surface area contributed by atoms with Gasteiger partial charge >= 0.3 is 5.97 Å². The smallest absolute Gasteiger partial charge is 0.307 e. The first-order chi connectivity index (χ1) is 9.24. The standard InChI is InChI=1S/C15H23NO4/c1-4-16(8-15(2,3)20)13(17)11-9-5-6-10(7-9)12(11)14(18)19/h5-6,9-12,20H,4,7-8H2,1-3H3,(H,18,19). The van der Waals surface area contributed by atoms with Crippen molar-refractivity contribution in [2.75, 3.05) is 13.1 Å². The quantitative estimate of drug-likeness (QED) is 0.741. The number of carboxylic acid groups (broad SMARTS) is 1. The predicted octanol–water partition coefficient (Wildman–Crippen LogP) is 1.13. The Morgan fingerprint density at radius 2 is 1.80 bits per heavy atom. The van der Waals surface area contributed by atoms with Gasteiger partial charge in [0, 0.05) is 13.1 Å². The lowest BCUT2D eigenvalue weighted by Crippen LogP contribution is -2.47. The van der Waals surface area contributed by atoms with Crippen LogP contribution in [0.4, 0.5) is 0 Å². The number of nitrogens with zero attached hydrogens (tertiary/aromatic N) is 1. The van der Waals surface area contributed by atoms with Crippen LogP contribution in [0.15, 0.2) is 12.2 Å². The lowest BCUT2D eigenvalue weighted by atomic mass is 9.82. The van der Waals surface area contributed by atoms with Crippen molar-refractivity contribution in [2.45, 2.75) is 32.8 Å². The number of hydrogen-bond donors (Lipinski definition) is 2. The maximum absolute atomic E-state index is 12.7. The van der Waals surface area contributed by atoms with E-state index in [2.05, 4.69) is 0 Å². The van der Waals surface area contributed by atoms with Crippen LogP contribution in [0.1, 0.15) is 27.2 Å². The molecule has 2 rings (SSSR count). The van der Waals surface area contributed by atoms with E-state index in [1.165, 1.54) is 0 Å². The first-order valence-electron chi connectivity index (χ1n) is 7.17. The molecule has 4 atom stereocenters. The van der Waals surface area contributed by atoms with Crippen LogP contribution in [-0.4, -0.2) is 45.7 Å². The van der Waals surface area contributed by atoms with E-state index in [-0.39, 0.29) is 24.3 Å². The third-order valence-corrected chi connectivity index (χ3v) is 4.30. The van der Waals surface area contributed by atoms with Gasteiger partial charge in [0.15, 0.2) is 0 Å². The van der Waals surface area contributed by atoms with Gasteiger partial charge in [0.05, 0.1) is 17.4 Å². The Morgan fingerprint density at radius 3 is 2.25 bits per heavy atom. The summed E-state index contributed by atoms with van der Waals surface area (Å²) in [7, 11) is 0. The fourth-order valence-electron chi connectivity index (χ4n) is 3.52. The number of carbonyl (C=O) groups is 2. The molecular weight excluding hydrogens is 258 g/mol. The van der Waals surface area contributed by atoms with Gasteiger partial charge in [0.25, 0.3) is 0 Å². The summed E-state index contributed by atoms with van der Waals surface area (Å²) in [5.41, 5.74) is -0.974. The minimum absolute atomic E-state index is 0.0210. The van der Waals surface area contributed by atoms with Crippen molar-refractivity contribution in [1.29, 1.82) is 0 Å². The molecule has 0 aromatic carbocycles. The molecule has 5 heteroatoms. The summed E-state index contributed by atoms with van der Waals surface area (Å²) in [6.45, 7) is 5.86. The molecule has 0 radical (unpaired) electrons. The monoisotopic (exact) mass is 281 g/mol. The molecule has 112 valence electrons. The number of allylic oxidation sites excluding steroid dienone is 2. The highest BCUT2D eigenvalue weighted by Gasteiger charge is 2.52. The van der Waals surface area contributed by atoms with Gasteiger partial charge in [-0.1, -0.05) is 12.2 Å². The minimum Gasteiger partial charge on any atom is -0.481 e. The van der Waals surface area contributed by atoms with Gasteiger partial charge in [0.2, 0.25) is 5.91 Å². The van der Waals surface area contributed by atoms with Gasteiger partial charge in [-0.15, -0.1) is 0 Å². The number of carboxylic acids is 1. The second-order valence-electron chi connectivity index (χ2n) is 6.50. The van der Waals surface area contributed by atoms with Crippen LogP contribution in [0.2, 0.25) is 0 Å². The SMILES string of the molecule is CCN(CC(C)(C)O)C(=O)C1C2C=CC(C2)C1C(=O)O. The van der Waals surface area contributed by atoms with E-state index in [0.29, 0.717) is 6.54 Å². The molecule has 2 N–H and O–H groups in total. The number of amides is 1. The van der Waals surface area contributed by atoms with Crippen molar-refractivity contribution < 1.29 is 19.8 Å². The molecule has 4 unspecified atom stereocenters. The summed E-state index contributed by atoms with van der Waals surface area (Å²) in [4.78, 5) is 25.7. The number of aliphatic carboxylic acids is 1. The predicted molar refractivity (Wildman–Crippen MR) is 73.9 cm³/mol. The second-order valence-corrected chi connectivity index (χ2v) is 6.50. The lowest BCUT2D eigenvalue weighted by Gasteiger charge is -2.33. The highest BCUT2D eigenvalue weighted by molar-refractivity contribution is 5.87. The molecule has 0 spiro atoms. The largest absolute Gasteiger partial charge is 0.481 e. The van der Waals surface area contributed by atoms with E-state index in [4.69, 9.17) is 0 Å². The fraction of sp³-hybridized carbons (Fsp3) is 0.733. The number of fused-ring (bicyclic) bond motifs is 2. The number of hydrogen-bond acceptors (Lipinski definition) is 3. The topological polar surface area (TPSA) is 77.8 Å². The van der Waals surface area contributed by atoms with Crippen molar-refractivity contribution in [3.8, 4) is 0 Å². The van der Waals surface area contributed by atoms with Crippen LogP contribution in [0.5, 0.6) is 0 Å². The normalized spacial score (nSPS) is 31.6. The Balaban J connectivity index is 2.18. The van der Waals surface area contributed by atoms with Crippen LogP contribution in [0, 0.1) is 23.7 Å². The van der Waals surface area contributed by atoms with Gasteiger partial charge < -0.3 is 15.1 Å². The molecule has 0 aromatic rings. The summed E-state index contributed by atoms with van der Waals surface area (Å²) in [6, 6.07) is 0. The summed E-state index contributed by atoms with van der Waals surface area (Å²) in [6.07, 6.45) is 4.66.